The van der Waals surface area contributed by atoms with Gasteiger partial charge in [0.2, 0.25) is 5.91 Å². The molecule has 2 aromatic rings. The van der Waals surface area contributed by atoms with Crippen molar-refractivity contribution in [1.29, 1.82) is 0 Å². The largest absolute Gasteiger partial charge is 0.464 e. The summed E-state index contributed by atoms with van der Waals surface area (Å²) in [6.45, 7) is 4.92. The maximum Gasteiger partial charge on any atom is 0.220 e. The monoisotopic (exact) mass is 273 g/mol. The van der Waals surface area contributed by atoms with E-state index in [1.54, 1.807) is 0 Å². The van der Waals surface area contributed by atoms with Crippen LogP contribution < -0.4 is 5.32 Å². The van der Waals surface area contributed by atoms with E-state index in [1.165, 1.54) is 16.5 Å². The molecule has 0 radical (unpaired) electrons. The van der Waals surface area contributed by atoms with Gasteiger partial charge < -0.3 is 9.73 Å². The van der Waals surface area contributed by atoms with E-state index < -0.39 is 0 Å². The first-order valence-electron chi connectivity index (χ1n) is 7.50. The lowest BCUT2D eigenvalue weighted by molar-refractivity contribution is -0.121. The van der Waals surface area contributed by atoms with Crippen LogP contribution in [0.3, 0.4) is 0 Å². The Kier molecular flexibility index (Phi) is 5.22. The Hall–Kier alpha value is -1.77. The average Bonchev–Trinajstić information content (AvgIpc) is 2.87. The molecule has 0 saturated carbocycles. The summed E-state index contributed by atoms with van der Waals surface area (Å²) >= 11 is 0. The molecular weight excluding hydrogens is 250 g/mol. The maximum absolute atomic E-state index is 11.6. The molecule has 1 aromatic heterocycles. The smallest absolute Gasteiger partial charge is 0.220 e. The number of fused-ring (bicyclic) bond motifs is 1. The Morgan fingerprint density at radius 1 is 1.30 bits per heavy atom. The zero-order valence-electron chi connectivity index (χ0n) is 12.4. The summed E-state index contributed by atoms with van der Waals surface area (Å²) in [6.07, 6.45) is 6.29. The second-order valence-corrected chi connectivity index (χ2v) is 5.15. The van der Waals surface area contributed by atoms with E-state index in [1.807, 2.05) is 12.3 Å². The molecular formula is C17H23NO2. The summed E-state index contributed by atoms with van der Waals surface area (Å²) in [5.74, 6) is 0.147. The van der Waals surface area contributed by atoms with Crippen molar-refractivity contribution in [2.45, 2.75) is 46.0 Å². The van der Waals surface area contributed by atoms with E-state index >= 15 is 0 Å². The standard InChI is InChI=1S/C17H23NO2/c1-3-5-6-17(19)18-10-9-14-12-20-16-8-7-13(4-2)11-15(14)16/h7-8,11-12H,3-6,9-10H2,1-2H3,(H,18,19). The molecule has 0 aliphatic rings. The van der Waals surface area contributed by atoms with Crippen LogP contribution in [-0.4, -0.2) is 12.5 Å². The molecule has 20 heavy (non-hydrogen) atoms. The van der Waals surface area contributed by atoms with Gasteiger partial charge in [-0.25, -0.2) is 0 Å². The van der Waals surface area contributed by atoms with E-state index in [2.05, 4.69) is 31.3 Å². The van der Waals surface area contributed by atoms with E-state index in [-0.39, 0.29) is 5.91 Å². The molecule has 1 N–H and O–H groups in total. The van der Waals surface area contributed by atoms with Crippen molar-refractivity contribution in [3.8, 4) is 0 Å². The number of carbonyl (C=O) groups excluding carboxylic acids is 1. The van der Waals surface area contributed by atoms with Gasteiger partial charge in [0.15, 0.2) is 0 Å². The highest BCUT2D eigenvalue weighted by Gasteiger charge is 2.07. The number of nitrogens with one attached hydrogen (secondary N) is 1. The van der Waals surface area contributed by atoms with E-state index in [0.29, 0.717) is 13.0 Å². The first-order valence-corrected chi connectivity index (χ1v) is 7.50. The molecule has 0 atom stereocenters. The van der Waals surface area contributed by atoms with Crippen LogP contribution in [0.5, 0.6) is 0 Å². The number of benzene rings is 1. The molecule has 108 valence electrons. The predicted molar refractivity (Wildman–Crippen MR) is 81.8 cm³/mol. The molecule has 0 unspecified atom stereocenters. The number of rotatable bonds is 7. The Labute approximate surface area is 120 Å². The molecule has 0 bridgehead atoms. The van der Waals surface area contributed by atoms with Gasteiger partial charge in [0.05, 0.1) is 6.26 Å². The third kappa shape index (κ3) is 3.62. The summed E-state index contributed by atoms with van der Waals surface area (Å²) in [5, 5.41) is 4.14. The third-order valence-electron chi connectivity index (χ3n) is 3.60. The first kappa shape index (κ1) is 14.6. The maximum atomic E-state index is 11.6. The quantitative estimate of drug-likeness (QED) is 0.832. The van der Waals surface area contributed by atoms with Crippen LogP contribution >= 0.6 is 0 Å². The highest BCUT2D eigenvalue weighted by molar-refractivity contribution is 5.82. The zero-order chi connectivity index (χ0) is 14.4. The normalized spacial score (nSPS) is 10.9. The van der Waals surface area contributed by atoms with Crippen molar-refractivity contribution in [2.75, 3.05) is 6.54 Å². The molecule has 0 spiro atoms. The molecule has 1 aromatic carbocycles. The number of aryl methyl sites for hydroxylation is 1. The summed E-state index contributed by atoms with van der Waals surface area (Å²) in [6, 6.07) is 6.31. The van der Waals surface area contributed by atoms with Crippen LogP contribution in [0.1, 0.15) is 44.2 Å². The van der Waals surface area contributed by atoms with Crippen LogP contribution in [0.4, 0.5) is 0 Å². The number of hydrogen-bond donors (Lipinski definition) is 1. The van der Waals surface area contributed by atoms with Crippen LogP contribution in [-0.2, 0) is 17.6 Å². The summed E-state index contributed by atoms with van der Waals surface area (Å²) in [4.78, 5) is 11.6. The highest BCUT2D eigenvalue weighted by atomic mass is 16.3. The van der Waals surface area contributed by atoms with E-state index in [4.69, 9.17) is 4.42 Å². The fourth-order valence-electron chi connectivity index (χ4n) is 2.30. The second-order valence-electron chi connectivity index (χ2n) is 5.15. The van der Waals surface area contributed by atoms with Gasteiger partial charge in [0.25, 0.3) is 0 Å². The summed E-state index contributed by atoms with van der Waals surface area (Å²) in [7, 11) is 0. The fourth-order valence-corrected chi connectivity index (χ4v) is 2.30. The summed E-state index contributed by atoms with van der Waals surface area (Å²) < 4.78 is 5.56. The molecule has 3 heteroatoms. The topological polar surface area (TPSA) is 42.2 Å². The predicted octanol–water partition coefficient (Wildman–Crippen LogP) is 3.84. The Bertz CT molecular complexity index is 571. The number of unbranched alkanes of at least 4 members (excludes halogenated alkanes) is 1. The highest BCUT2D eigenvalue weighted by Crippen LogP contribution is 2.23. The van der Waals surface area contributed by atoms with Gasteiger partial charge in [0.1, 0.15) is 5.58 Å². The van der Waals surface area contributed by atoms with Crippen LogP contribution in [0.15, 0.2) is 28.9 Å². The van der Waals surface area contributed by atoms with E-state index in [0.717, 1.165) is 31.3 Å². The van der Waals surface area contributed by atoms with Crippen LogP contribution in [0, 0.1) is 0 Å². The molecule has 0 aliphatic carbocycles. The molecule has 1 heterocycles. The molecule has 0 fully saturated rings. The van der Waals surface area contributed by atoms with Gasteiger partial charge in [-0.05, 0) is 42.5 Å². The number of hydrogen-bond acceptors (Lipinski definition) is 2. The minimum atomic E-state index is 0.147. The lowest BCUT2D eigenvalue weighted by Crippen LogP contribution is -2.25. The van der Waals surface area contributed by atoms with Gasteiger partial charge in [-0.1, -0.05) is 26.3 Å². The first-order chi connectivity index (χ1) is 9.74. The SMILES string of the molecule is CCCCC(=O)NCCc1coc2ccc(CC)cc12. The van der Waals surface area contributed by atoms with Crippen molar-refractivity contribution in [3.63, 3.8) is 0 Å². The Balaban J connectivity index is 1.94. The minimum Gasteiger partial charge on any atom is -0.464 e. The third-order valence-corrected chi connectivity index (χ3v) is 3.60. The summed E-state index contributed by atoms with van der Waals surface area (Å²) in [5.41, 5.74) is 3.41. The molecule has 0 aliphatic heterocycles. The fraction of sp³-hybridized carbons (Fsp3) is 0.471. The number of amides is 1. The second kappa shape index (κ2) is 7.13. The number of carbonyl (C=O) groups is 1. The van der Waals surface area contributed by atoms with Crippen molar-refractivity contribution in [1.82, 2.24) is 5.32 Å². The van der Waals surface area contributed by atoms with Crippen molar-refractivity contribution >= 4 is 16.9 Å². The van der Waals surface area contributed by atoms with Crippen molar-refractivity contribution in [2.24, 2.45) is 0 Å². The zero-order valence-corrected chi connectivity index (χ0v) is 12.4. The average molecular weight is 273 g/mol. The van der Waals surface area contributed by atoms with Gasteiger partial charge in [0, 0.05) is 18.4 Å². The molecule has 3 nitrogen and oxygen atoms in total. The minimum absolute atomic E-state index is 0.147. The lowest BCUT2D eigenvalue weighted by Gasteiger charge is -2.04. The van der Waals surface area contributed by atoms with Gasteiger partial charge in [-0.2, -0.15) is 0 Å². The van der Waals surface area contributed by atoms with Gasteiger partial charge >= 0.3 is 0 Å². The lowest BCUT2D eigenvalue weighted by atomic mass is 10.1. The Morgan fingerprint density at radius 2 is 2.15 bits per heavy atom. The molecule has 1 amide bonds. The molecule has 2 rings (SSSR count). The van der Waals surface area contributed by atoms with Crippen molar-refractivity contribution < 1.29 is 9.21 Å². The molecule has 0 saturated heterocycles. The van der Waals surface area contributed by atoms with E-state index in [9.17, 15) is 4.79 Å². The Morgan fingerprint density at radius 3 is 2.90 bits per heavy atom. The number of furan rings is 1. The van der Waals surface area contributed by atoms with Crippen molar-refractivity contribution in [3.05, 3.63) is 35.6 Å². The van der Waals surface area contributed by atoms with Crippen LogP contribution in [0.2, 0.25) is 0 Å². The van der Waals surface area contributed by atoms with Gasteiger partial charge in [-0.15, -0.1) is 0 Å². The van der Waals surface area contributed by atoms with Crippen LogP contribution in [0.25, 0.3) is 11.0 Å². The van der Waals surface area contributed by atoms with Gasteiger partial charge in [-0.3, -0.25) is 4.79 Å².